The fraction of sp³-hybridized carbons (Fsp3) is 0.333. The third-order valence-electron chi connectivity index (χ3n) is 3.46. The molecule has 0 saturated heterocycles. The van der Waals surface area contributed by atoms with Crippen LogP contribution in [0.1, 0.15) is 30.9 Å². The maximum absolute atomic E-state index is 13.4. The number of halogens is 2. The Bertz CT molecular complexity index is 581. The van der Waals surface area contributed by atoms with Gasteiger partial charge in [-0.05, 0) is 41.8 Å². The molecule has 0 amide bonds. The third-order valence-corrected chi connectivity index (χ3v) is 3.46. The molecule has 0 aromatic heterocycles. The van der Waals surface area contributed by atoms with Crippen molar-refractivity contribution in [2.24, 2.45) is 0 Å². The van der Waals surface area contributed by atoms with Crippen molar-refractivity contribution in [3.63, 3.8) is 0 Å². The third kappa shape index (κ3) is 4.94. The summed E-state index contributed by atoms with van der Waals surface area (Å²) in [6, 6.07) is 13.6. The van der Waals surface area contributed by atoms with Crippen LogP contribution in [0.4, 0.5) is 8.78 Å². The smallest absolute Gasteiger partial charge is 0.123 e. The van der Waals surface area contributed by atoms with Crippen LogP contribution in [0, 0.1) is 11.6 Å². The quantitative estimate of drug-likeness (QED) is 0.836. The molecule has 0 spiro atoms. The second-order valence-electron chi connectivity index (χ2n) is 5.65. The first-order chi connectivity index (χ1) is 10.0. The van der Waals surface area contributed by atoms with E-state index < -0.39 is 0 Å². The summed E-state index contributed by atoms with van der Waals surface area (Å²) in [7, 11) is 0. The summed E-state index contributed by atoms with van der Waals surface area (Å²) in [6.07, 6.45) is 0.681. The summed E-state index contributed by atoms with van der Waals surface area (Å²) in [4.78, 5) is 0. The van der Waals surface area contributed by atoms with Crippen LogP contribution in [0.25, 0.3) is 0 Å². The van der Waals surface area contributed by atoms with Gasteiger partial charge in [-0.3, -0.25) is 0 Å². The van der Waals surface area contributed by atoms with Gasteiger partial charge in [-0.15, -0.1) is 0 Å². The Morgan fingerprint density at radius 2 is 1.62 bits per heavy atom. The van der Waals surface area contributed by atoms with Gasteiger partial charge in [0.2, 0.25) is 0 Å². The van der Waals surface area contributed by atoms with Crippen molar-refractivity contribution in [3.8, 4) is 0 Å². The Labute approximate surface area is 125 Å². The minimum atomic E-state index is -0.235. The van der Waals surface area contributed by atoms with Crippen LogP contribution in [0.15, 0.2) is 48.5 Å². The summed E-state index contributed by atoms with van der Waals surface area (Å²) in [5, 5.41) is 3.38. The highest BCUT2D eigenvalue weighted by atomic mass is 19.1. The van der Waals surface area contributed by atoms with E-state index >= 15 is 0 Å². The molecule has 1 nitrogen and oxygen atoms in total. The van der Waals surface area contributed by atoms with E-state index in [2.05, 4.69) is 19.2 Å². The topological polar surface area (TPSA) is 12.0 Å². The van der Waals surface area contributed by atoms with Crippen molar-refractivity contribution in [2.75, 3.05) is 6.54 Å². The van der Waals surface area contributed by atoms with Crippen LogP contribution in [-0.2, 0) is 6.42 Å². The molecule has 21 heavy (non-hydrogen) atoms. The lowest BCUT2D eigenvalue weighted by Crippen LogP contribution is -2.29. The van der Waals surface area contributed by atoms with Crippen molar-refractivity contribution >= 4 is 0 Å². The highest BCUT2D eigenvalue weighted by Gasteiger charge is 2.14. The molecule has 1 atom stereocenters. The number of hydrogen-bond acceptors (Lipinski definition) is 1. The Morgan fingerprint density at radius 3 is 2.24 bits per heavy atom. The van der Waals surface area contributed by atoms with E-state index in [-0.39, 0.29) is 17.6 Å². The SMILES string of the molecule is CC(C)NCC(Cc1cccc(F)c1)c1cccc(F)c1. The molecule has 3 heteroatoms. The van der Waals surface area contributed by atoms with Gasteiger partial charge in [-0.2, -0.15) is 0 Å². The highest BCUT2D eigenvalue weighted by molar-refractivity contribution is 5.25. The van der Waals surface area contributed by atoms with Gasteiger partial charge in [0.05, 0.1) is 0 Å². The van der Waals surface area contributed by atoms with E-state index in [1.54, 1.807) is 24.3 Å². The van der Waals surface area contributed by atoms with Gasteiger partial charge in [0.25, 0.3) is 0 Å². The fourth-order valence-electron chi connectivity index (χ4n) is 2.39. The Balaban J connectivity index is 2.19. The first kappa shape index (κ1) is 15.6. The van der Waals surface area contributed by atoms with E-state index in [0.29, 0.717) is 12.5 Å². The normalized spacial score (nSPS) is 12.6. The van der Waals surface area contributed by atoms with Crippen LogP contribution in [0.2, 0.25) is 0 Å². The number of hydrogen-bond donors (Lipinski definition) is 1. The molecule has 0 aliphatic rings. The second kappa shape index (κ2) is 7.32. The van der Waals surface area contributed by atoms with E-state index in [1.165, 1.54) is 12.1 Å². The molecule has 0 heterocycles. The standard InChI is InChI=1S/C18H21F2N/c1-13(2)21-12-16(15-6-4-8-18(20)11-15)9-14-5-3-7-17(19)10-14/h3-8,10-11,13,16,21H,9,12H2,1-2H3. The zero-order chi connectivity index (χ0) is 15.2. The van der Waals surface area contributed by atoms with Gasteiger partial charge in [-0.25, -0.2) is 8.78 Å². The number of nitrogens with one attached hydrogen (secondary N) is 1. The van der Waals surface area contributed by atoms with Crippen LogP contribution in [-0.4, -0.2) is 12.6 Å². The Hall–Kier alpha value is -1.74. The van der Waals surface area contributed by atoms with Gasteiger partial charge >= 0.3 is 0 Å². The Morgan fingerprint density at radius 1 is 0.952 bits per heavy atom. The first-order valence-electron chi connectivity index (χ1n) is 7.28. The largest absolute Gasteiger partial charge is 0.314 e. The molecule has 0 aliphatic heterocycles. The predicted molar refractivity (Wildman–Crippen MR) is 82.4 cm³/mol. The van der Waals surface area contributed by atoms with Crippen LogP contribution in [0.3, 0.4) is 0 Å². The molecule has 0 aliphatic carbocycles. The lowest BCUT2D eigenvalue weighted by molar-refractivity contribution is 0.523. The predicted octanol–water partition coefficient (Wildman–Crippen LogP) is 4.29. The maximum Gasteiger partial charge on any atom is 0.123 e. The number of rotatable bonds is 6. The van der Waals surface area contributed by atoms with E-state index in [0.717, 1.165) is 17.7 Å². The molecular formula is C18H21F2N. The average molecular weight is 289 g/mol. The molecule has 1 unspecified atom stereocenters. The van der Waals surface area contributed by atoms with Crippen molar-refractivity contribution in [3.05, 3.63) is 71.3 Å². The molecule has 0 radical (unpaired) electrons. The van der Waals surface area contributed by atoms with Crippen molar-refractivity contribution in [1.29, 1.82) is 0 Å². The minimum absolute atomic E-state index is 0.116. The fourth-order valence-corrected chi connectivity index (χ4v) is 2.39. The molecule has 2 rings (SSSR count). The van der Waals surface area contributed by atoms with Gasteiger partial charge < -0.3 is 5.32 Å². The first-order valence-corrected chi connectivity index (χ1v) is 7.28. The molecular weight excluding hydrogens is 268 g/mol. The average Bonchev–Trinajstić information content (AvgIpc) is 2.43. The van der Waals surface area contributed by atoms with Crippen LogP contribution in [0.5, 0.6) is 0 Å². The van der Waals surface area contributed by atoms with Crippen molar-refractivity contribution in [1.82, 2.24) is 5.32 Å². The van der Waals surface area contributed by atoms with E-state index in [1.807, 2.05) is 12.1 Å². The van der Waals surface area contributed by atoms with Gasteiger partial charge in [-0.1, -0.05) is 38.1 Å². The summed E-state index contributed by atoms with van der Waals surface area (Å²) in [5.41, 5.74) is 1.86. The number of benzene rings is 2. The van der Waals surface area contributed by atoms with Crippen LogP contribution < -0.4 is 5.32 Å². The molecule has 112 valence electrons. The molecule has 1 N–H and O–H groups in total. The van der Waals surface area contributed by atoms with Crippen molar-refractivity contribution in [2.45, 2.75) is 32.2 Å². The van der Waals surface area contributed by atoms with E-state index in [9.17, 15) is 8.78 Å². The second-order valence-corrected chi connectivity index (χ2v) is 5.65. The zero-order valence-electron chi connectivity index (χ0n) is 12.4. The molecule has 0 fully saturated rings. The summed E-state index contributed by atoms with van der Waals surface area (Å²) < 4.78 is 26.8. The molecule has 0 saturated carbocycles. The Kier molecular flexibility index (Phi) is 5.45. The van der Waals surface area contributed by atoms with Crippen molar-refractivity contribution < 1.29 is 8.78 Å². The zero-order valence-corrected chi connectivity index (χ0v) is 12.4. The monoisotopic (exact) mass is 289 g/mol. The summed E-state index contributed by atoms with van der Waals surface area (Å²) in [5.74, 6) is -0.353. The lowest BCUT2D eigenvalue weighted by Gasteiger charge is -2.20. The van der Waals surface area contributed by atoms with Gasteiger partial charge in [0.1, 0.15) is 11.6 Å². The maximum atomic E-state index is 13.4. The molecule has 2 aromatic carbocycles. The summed E-state index contributed by atoms with van der Waals surface area (Å²) in [6.45, 7) is 4.88. The van der Waals surface area contributed by atoms with Crippen LogP contribution >= 0.6 is 0 Å². The summed E-state index contributed by atoms with van der Waals surface area (Å²) >= 11 is 0. The lowest BCUT2D eigenvalue weighted by atomic mass is 9.91. The molecule has 0 bridgehead atoms. The van der Waals surface area contributed by atoms with Gasteiger partial charge in [0, 0.05) is 18.5 Å². The van der Waals surface area contributed by atoms with E-state index in [4.69, 9.17) is 0 Å². The molecule has 2 aromatic rings. The highest BCUT2D eigenvalue weighted by Crippen LogP contribution is 2.22. The minimum Gasteiger partial charge on any atom is -0.314 e. The van der Waals surface area contributed by atoms with Gasteiger partial charge in [0.15, 0.2) is 0 Å².